The minimum Gasteiger partial charge on any atom is -0.266 e. The van der Waals surface area contributed by atoms with Crippen LogP contribution >= 0.6 is 0 Å². The average molecular weight is 308 g/mol. The third-order valence-electron chi connectivity index (χ3n) is 2.59. The number of sulfonamides is 1. The largest absolute Gasteiger partial charge is 0.269 e. The highest BCUT2D eigenvalue weighted by atomic mass is 32.2. The lowest BCUT2D eigenvalue weighted by Crippen LogP contribution is -2.26. The first-order valence-electron chi connectivity index (χ1n) is 6.18. The molecule has 0 aliphatic carbocycles. The van der Waals surface area contributed by atoms with Crippen molar-refractivity contribution < 1.29 is 13.3 Å². The van der Waals surface area contributed by atoms with Gasteiger partial charge in [0.1, 0.15) is 0 Å². The molecule has 112 valence electrons. The number of nitrogens with zero attached hydrogens (tertiary/aromatic N) is 2. The van der Waals surface area contributed by atoms with E-state index in [-0.39, 0.29) is 17.1 Å². The van der Waals surface area contributed by atoms with E-state index in [2.05, 4.69) is 12.3 Å². The highest BCUT2D eigenvalue weighted by Crippen LogP contribution is 2.20. The van der Waals surface area contributed by atoms with E-state index in [1.165, 1.54) is 18.3 Å². The second-order valence-electron chi connectivity index (χ2n) is 4.03. The van der Waals surface area contributed by atoms with Gasteiger partial charge in [0.05, 0.1) is 16.0 Å². The van der Waals surface area contributed by atoms with Gasteiger partial charge in [-0.25, -0.2) is 8.42 Å². The summed E-state index contributed by atoms with van der Waals surface area (Å²) in [5, 5.41) is 10.6. The SMILES string of the molecule is C=CCCN(C=C=CC)S(=O)(=O)c1ccc([N+](=O)[O-])cc1. The first-order chi connectivity index (χ1) is 9.93. The number of hydrogen-bond donors (Lipinski definition) is 0. The van der Waals surface area contributed by atoms with Crippen molar-refractivity contribution in [3.8, 4) is 0 Å². The van der Waals surface area contributed by atoms with E-state index in [0.29, 0.717) is 6.42 Å². The zero-order chi connectivity index (χ0) is 15.9. The number of allylic oxidation sites excluding steroid dienone is 1. The van der Waals surface area contributed by atoms with Crippen LogP contribution in [0.5, 0.6) is 0 Å². The fourth-order valence-electron chi connectivity index (χ4n) is 1.51. The van der Waals surface area contributed by atoms with Gasteiger partial charge in [-0.2, -0.15) is 0 Å². The van der Waals surface area contributed by atoms with Crippen LogP contribution in [0.25, 0.3) is 0 Å². The van der Waals surface area contributed by atoms with Crippen LogP contribution < -0.4 is 0 Å². The molecule has 0 amide bonds. The van der Waals surface area contributed by atoms with E-state index in [9.17, 15) is 18.5 Å². The number of hydrogen-bond acceptors (Lipinski definition) is 4. The Balaban J connectivity index is 3.17. The second kappa shape index (κ2) is 7.42. The normalized spacial score (nSPS) is 10.3. The van der Waals surface area contributed by atoms with Gasteiger partial charge in [-0.1, -0.05) is 6.08 Å². The minimum absolute atomic E-state index is 0.00804. The van der Waals surface area contributed by atoms with E-state index in [1.807, 2.05) is 0 Å². The van der Waals surface area contributed by atoms with Crippen molar-refractivity contribution in [3.63, 3.8) is 0 Å². The van der Waals surface area contributed by atoms with Gasteiger partial charge in [-0.05, 0) is 31.6 Å². The Labute approximate surface area is 123 Å². The van der Waals surface area contributed by atoms with E-state index >= 15 is 0 Å². The Bertz CT molecular complexity index is 671. The molecule has 0 aliphatic rings. The number of non-ortho nitro benzene ring substituents is 1. The first kappa shape index (κ1) is 16.7. The molecule has 1 aromatic rings. The minimum atomic E-state index is -3.76. The lowest BCUT2D eigenvalue weighted by molar-refractivity contribution is -0.384. The summed E-state index contributed by atoms with van der Waals surface area (Å²) in [5.41, 5.74) is 2.56. The van der Waals surface area contributed by atoms with Crippen LogP contribution in [0, 0.1) is 10.1 Å². The second-order valence-corrected chi connectivity index (χ2v) is 5.92. The van der Waals surface area contributed by atoms with E-state index in [0.717, 1.165) is 16.4 Å². The quantitative estimate of drug-likeness (QED) is 0.336. The zero-order valence-electron chi connectivity index (χ0n) is 11.6. The molecule has 0 unspecified atom stereocenters. The third kappa shape index (κ3) is 4.30. The van der Waals surface area contributed by atoms with Crippen molar-refractivity contribution in [2.75, 3.05) is 6.54 Å². The Morgan fingerprint density at radius 1 is 1.38 bits per heavy atom. The maximum Gasteiger partial charge on any atom is 0.269 e. The molecule has 0 bridgehead atoms. The summed E-state index contributed by atoms with van der Waals surface area (Å²) in [7, 11) is -3.76. The van der Waals surface area contributed by atoms with Crippen LogP contribution in [0.4, 0.5) is 5.69 Å². The molecule has 0 aromatic heterocycles. The van der Waals surface area contributed by atoms with Crippen LogP contribution in [0.15, 0.2) is 59.8 Å². The summed E-state index contributed by atoms with van der Waals surface area (Å²) in [6.45, 7) is 5.51. The predicted molar refractivity (Wildman–Crippen MR) is 80.1 cm³/mol. The van der Waals surface area contributed by atoms with Crippen molar-refractivity contribution in [3.05, 3.63) is 65.0 Å². The molecule has 0 fully saturated rings. The molecule has 1 aromatic carbocycles. The van der Waals surface area contributed by atoms with Crippen LogP contribution in [0.3, 0.4) is 0 Å². The molecule has 7 heteroatoms. The molecule has 0 saturated carbocycles. The summed E-state index contributed by atoms with van der Waals surface area (Å²) in [6, 6.07) is 4.77. The molecule has 6 nitrogen and oxygen atoms in total. The Hall–Kier alpha value is -2.37. The molecular weight excluding hydrogens is 292 g/mol. The van der Waals surface area contributed by atoms with Crippen molar-refractivity contribution >= 4 is 15.7 Å². The molecule has 0 atom stereocenters. The molecule has 0 spiro atoms. The van der Waals surface area contributed by atoms with Gasteiger partial charge < -0.3 is 0 Å². The number of nitro benzene ring substituents is 1. The summed E-state index contributed by atoms with van der Waals surface area (Å²) in [5.74, 6) is 0. The number of benzene rings is 1. The Kier molecular flexibility index (Phi) is 5.90. The maximum absolute atomic E-state index is 12.5. The summed E-state index contributed by atoms with van der Waals surface area (Å²) in [4.78, 5) is 10.0. The number of rotatable bonds is 7. The standard InChI is InChI=1S/C14H16N2O4S/c1-3-5-11-15(12-6-4-2)21(19,20)14-9-7-13(8-10-14)16(17)18/h3-4,7-10,12H,1,5,11H2,2H3. The molecule has 0 N–H and O–H groups in total. The van der Waals surface area contributed by atoms with Crippen molar-refractivity contribution in [1.82, 2.24) is 4.31 Å². The first-order valence-corrected chi connectivity index (χ1v) is 7.62. The fourth-order valence-corrected chi connectivity index (χ4v) is 2.80. The molecule has 0 radical (unpaired) electrons. The lowest BCUT2D eigenvalue weighted by Gasteiger charge is -2.18. The monoisotopic (exact) mass is 308 g/mol. The van der Waals surface area contributed by atoms with Crippen LogP contribution in [-0.4, -0.2) is 24.2 Å². The van der Waals surface area contributed by atoms with Crippen molar-refractivity contribution in [1.29, 1.82) is 0 Å². The molecule has 0 heterocycles. The highest BCUT2D eigenvalue weighted by Gasteiger charge is 2.21. The van der Waals surface area contributed by atoms with E-state index in [4.69, 9.17) is 0 Å². The molecule has 0 aliphatic heterocycles. The zero-order valence-corrected chi connectivity index (χ0v) is 12.4. The molecule has 21 heavy (non-hydrogen) atoms. The van der Waals surface area contributed by atoms with Gasteiger partial charge in [0.2, 0.25) is 0 Å². The molecule has 1 rings (SSSR count). The Morgan fingerprint density at radius 3 is 2.48 bits per heavy atom. The van der Waals surface area contributed by atoms with Crippen LogP contribution in [0.2, 0.25) is 0 Å². The summed E-state index contributed by atoms with van der Waals surface area (Å²) >= 11 is 0. The van der Waals surface area contributed by atoms with E-state index < -0.39 is 14.9 Å². The maximum atomic E-state index is 12.5. The lowest BCUT2D eigenvalue weighted by atomic mass is 10.3. The van der Waals surface area contributed by atoms with Crippen LogP contribution in [0.1, 0.15) is 13.3 Å². The van der Waals surface area contributed by atoms with Crippen molar-refractivity contribution in [2.24, 2.45) is 0 Å². The topological polar surface area (TPSA) is 80.5 Å². The predicted octanol–water partition coefficient (Wildman–Crippen LogP) is 2.85. The smallest absolute Gasteiger partial charge is 0.266 e. The van der Waals surface area contributed by atoms with Gasteiger partial charge in [0, 0.05) is 18.7 Å². The molecular formula is C14H16N2O4S. The summed E-state index contributed by atoms with van der Waals surface area (Å²) in [6.07, 6.45) is 5.02. The van der Waals surface area contributed by atoms with Gasteiger partial charge >= 0.3 is 0 Å². The van der Waals surface area contributed by atoms with Crippen molar-refractivity contribution in [2.45, 2.75) is 18.2 Å². The van der Waals surface area contributed by atoms with Gasteiger partial charge in [-0.15, -0.1) is 12.3 Å². The number of nitro groups is 1. The average Bonchev–Trinajstić information content (AvgIpc) is 2.47. The van der Waals surface area contributed by atoms with Gasteiger partial charge in [0.15, 0.2) is 0 Å². The third-order valence-corrected chi connectivity index (χ3v) is 4.37. The molecule has 0 saturated heterocycles. The van der Waals surface area contributed by atoms with Gasteiger partial charge in [-0.3, -0.25) is 14.4 Å². The van der Waals surface area contributed by atoms with Gasteiger partial charge in [0.25, 0.3) is 15.7 Å². The van der Waals surface area contributed by atoms with E-state index in [1.54, 1.807) is 19.1 Å². The summed E-state index contributed by atoms with van der Waals surface area (Å²) < 4.78 is 26.1. The highest BCUT2D eigenvalue weighted by molar-refractivity contribution is 7.89. The Morgan fingerprint density at radius 2 is 2.00 bits per heavy atom. The van der Waals surface area contributed by atoms with Crippen LogP contribution in [-0.2, 0) is 10.0 Å². The fraction of sp³-hybridized carbons (Fsp3) is 0.214.